The fourth-order valence-electron chi connectivity index (χ4n) is 15.4. The first-order valence-corrected chi connectivity index (χ1v) is 47.7. The van der Waals surface area contributed by atoms with Crippen LogP contribution < -0.4 is 0 Å². The maximum absolute atomic E-state index is 13.0. The van der Waals surface area contributed by atoms with Crippen LogP contribution in [0.2, 0.25) is 0 Å². The number of quaternary nitrogens is 1. The molecule has 9 nitrogen and oxygen atoms in total. The zero-order chi connectivity index (χ0) is 75.3. The molecule has 2 atom stereocenters. The molecule has 0 saturated heterocycles. The molecule has 620 valence electrons. The summed E-state index contributed by atoms with van der Waals surface area (Å²) < 4.78 is 23.1. The summed E-state index contributed by atoms with van der Waals surface area (Å²) in [6.07, 6.45) is 108. The van der Waals surface area contributed by atoms with E-state index in [1.54, 1.807) is 0 Å². The number of hydrogen-bond donors (Lipinski definition) is 1. The van der Waals surface area contributed by atoms with Crippen LogP contribution in [0.5, 0.6) is 0 Å². The number of carboxylic acids is 1. The highest BCUT2D eigenvalue weighted by Crippen LogP contribution is 2.23. The Hall–Kier alpha value is -1.71. The maximum atomic E-state index is 13.0. The number of carbonyl (C=O) groups excluding carboxylic acids is 2. The van der Waals surface area contributed by atoms with Crippen molar-refractivity contribution in [2.24, 2.45) is 0 Å². The first kappa shape index (κ1) is 102. The van der Waals surface area contributed by atoms with Gasteiger partial charge in [-0.25, -0.2) is 4.79 Å². The summed E-state index contributed by atoms with van der Waals surface area (Å²) in [5.74, 6) is -1.96. The van der Waals surface area contributed by atoms with Crippen molar-refractivity contribution in [3.05, 3.63) is 0 Å². The molecule has 0 aliphatic carbocycles. The largest absolute Gasteiger partial charge is 0.477 e. The summed E-state index contributed by atoms with van der Waals surface area (Å²) in [5, 5.41) is 9.80. The van der Waals surface area contributed by atoms with Crippen LogP contribution in [-0.4, -0.2) is 87.4 Å². The van der Waals surface area contributed by atoms with E-state index < -0.39 is 18.4 Å². The van der Waals surface area contributed by atoms with Crippen molar-refractivity contribution in [1.82, 2.24) is 0 Å². The van der Waals surface area contributed by atoms with E-state index in [2.05, 4.69) is 13.8 Å². The lowest BCUT2D eigenvalue weighted by Gasteiger charge is -2.25. The van der Waals surface area contributed by atoms with Crippen LogP contribution in [-0.2, 0) is 33.3 Å². The molecule has 0 radical (unpaired) electrons. The number of aliphatic carboxylic acids is 1. The third-order valence-corrected chi connectivity index (χ3v) is 22.6. The van der Waals surface area contributed by atoms with Crippen LogP contribution in [0.25, 0.3) is 0 Å². The SMILES string of the molecule is CCCCCCCCCCCCCCCCCCCCCCCCCCCCCCCCCCCCCCCCCCC(=O)OC(COC(=O)CCCCCCCCCCCCCCCCCCCCCCCCCCCCCCCCCCCCCCCCC)COC(OCC[N+](C)(C)C)C(=O)O. The third-order valence-electron chi connectivity index (χ3n) is 22.6. The van der Waals surface area contributed by atoms with Crippen molar-refractivity contribution in [3.8, 4) is 0 Å². The molecule has 0 aromatic carbocycles. The summed E-state index contributed by atoms with van der Waals surface area (Å²) in [5.41, 5.74) is 0. The minimum atomic E-state index is -1.51. The maximum Gasteiger partial charge on any atom is 0.361 e. The van der Waals surface area contributed by atoms with Gasteiger partial charge < -0.3 is 28.5 Å². The van der Waals surface area contributed by atoms with Gasteiger partial charge >= 0.3 is 17.9 Å². The van der Waals surface area contributed by atoms with Crippen LogP contribution in [0.1, 0.15) is 534 Å². The van der Waals surface area contributed by atoms with E-state index in [-0.39, 0.29) is 38.2 Å². The Morgan fingerprint density at radius 1 is 0.250 bits per heavy atom. The molecule has 0 aliphatic heterocycles. The van der Waals surface area contributed by atoms with Crippen molar-refractivity contribution in [1.29, 1.82) is 0 Å². The highest BCUT2D eigenvalue weighted by atomic mass is 16.7. The molecule has 0 amide bonds. The Bertz CT molecular complexity index is 1670. The zero-order valence-electron chi connectivity index (χ0n) is 71.5. The van der Waals surface area contributed by atoms with Crippen LogP contribution in [0.15, 0.2) is 0 Å². The van der Waals surface area contributed by atoms with Crippen LogP contribution in [0.4, 0.5) is 0 Å². The van der Waals surface area contributed by atoms with Crippen LogP contribution in [0.3, 0.4) is 0 Å². The fraction of sp³-hybridized carbons (Fsp3) is 0.968. The van der Waals surface area contributed by atoms with Gasteiger partial charge in [0.1, 0.15) is 13.2 Å². The Balaban J connectivity index is 3.84. The second kappa shape index (κ2) is 86.9. The van der Waals surface area contributed by atoms with Gasteiger partial charge in [-0.3, -0.25) is 9.59 Å². The summed E-state index contributed by atoms with van der Waals surface area (Å²) in [6, 6.07) is 0. The predicted octanol–water partition coefficient (Wildman–Crippen LogP) is 31.2. The highest BCUT2D eigenvalue weighted by molar-refractivity contribution is 5.71. The van der Waals surface area contributed by atoms with Gasteiger partial charge in [0, 0.05) is 12.8 Å². The molecule has 0 rings (SSSR count). The van der Waals surface area contributed by atoms with Crippen molar-refractivity contribution >= 4 is 17.9 Å². The number of unbranched alkanes of at least 4 members (excludes halogenated alkanes) is 77. The van der Waals surface area contributed by atoms with E-state index in [1.165, 1.54) is 469 Å². The molecule has 0 aromatic heterocycles. The molecule has 0 bridgehead atoms. The second-order valence-corrected chi connectivity index (χ2v) is 34.4. The average molecular weight is 1470 g/mol. The van der Waals surface area contributed by atoms with E-state index in [1.807, 2.05) is 21.1 Å². The molecular weight excluding hydrogens is 1280 g/mol. The Labute approximate surface area is 651 Å². The predicted molar refractivity (Wildman–Crippen MR) is 452 cm³/mol. The number of carbonyl (C=O) groups is 3. The minimum Gasteiger partial charge on any atom is -0.477 e. The average Bonchev–Trinajstić information content (AvgIpc) is 0.946. The van der Waals surface area contributed by atoms with E-state index in [9.17, 15) is 19.5 Å². The van der Waals surface area contributed by atoms with Gasteiger partial charge in [0.2, 0.25) is 0 Å². The minimum absolute atomic E-state index is 0.171. The van der Waals surface area contributed by atoms with E-state index >= 15 is 0 Å². The van der Waals surface area contributed by atoms with Gasteiger partial charge in [-0.15, -0.1) is 0 Å². The molecule has 0 saturated carbocycles. The fourth-order valence-corrected chi connectivity index (χ4v) is 15.4. The molecule has 1 N–H and O–H groups in total. The summed E-state index contributed by atoms with van der Waals surface area (Å²) in [4.78, 5) is 37.9. The molecule has 0 aliphatic rings. The Kier molecular flexibility index (Phi) is 85.4. The summed E-state index contributed by atoms with van der Waals surface area (Å²) in [6.45, 7) is 5.00. The standard InChI is InChI=1S/C95H187NO8/c1-6-8-10-12-14-16-18-20-22-24-26-28-30-32-34-36-38-40-42-44-46-48-50-52-54-56-58-60-62-64-66-68-70-72-74-76-78-80-82-84-86-93(98)104-91(90-103-95(94(99)100)101-88-87-96(3,4)5)89-102-92(97)85-83-81-79-77-75-73-71-69-67-65-63-61-59-57-55-53-51-49-47-45-43-41-39-37-35-33-31-29-27-25-23-21-19-17-15-13-11-9-7-2/h91,95H,6-90H2,1-5H3/p+1. The van der Waals surface area contributed by atoms with E-state index in [4.69, 9.17) is 18.9 Å². The molecule has 104 heavy (non-hydrogen) atoms. The van der Waals surface area contributed by atoms with Crippen molar-refractivity contribution in [3.63, 3.8) is 0 Å². The molecule has 0 spiro atoms. The Morgan fingerprint density at radius 3 is 0.615 bits per heavy atom. The zero-order valence-corrected chi connectivity index (χ0v) is 71.5. The van der Waals surface area contributed by atoms with Gasteiger partial charge in [-0.2, -0.15) is 0 Å². The van der Waals surface area contributed by atoms with Gasteiger partial charge in [-0.05, 0) is 12.8 Å². The van der Waals surface area contributed by atoms with Gasteiger partial charge in [0.05, 0.1) is 34.4 Å². The number of hydrogen-bond acceptors (Lipinski definition) is 7. The van der Waals surface area contributed by atoms with Crippen LogP contribution in [0, 0.1) is 0 Å². The summed E-state index contributed by atoms with van der Waals surface area (Å²) >= 11 is 0. The van der Waals surface area contributed by atoms with Gasteiger partial charge in [0.25, 0.3) is 6.29 Å². The molecule has 0 fully saturated rings. The lowest BCUT2D eigenvalue weighted by molar-refractivity contribution is -0.870. The number of likely N-dealkylation sites (N-methyl/N-ethyl adjacent to an activating group) is 1. The number of carboxylic acid groups (broad SMARTS) is 1. The number of rotatable bonds is 92. The normalized spacial score (nSPS) is 12.4. The van der Waals surface area contributed by atoms with E-state index in [0.29, 0.717) is 17.4 Å². The first-order chi connectivity index (χ1) is 51.1. The van der Waals surface area contributed by atoms with Crippen LogP contribution >= 0.6 is 0 Å². The summed E-state index contributed by atoms with van der Waals surface area (Å²) in [7, 11) is 6.01. The van der Waals surface area contributed by atoms with Crippen molar-refractivity contribution in [2.75, 3.05) is 47.5 Å². The number of ether oxygens (including phenoxy) is 4. The lowest BCUT2D eigenvalue weighted by Crippen LogP contribution is -2.40. The highest BCUT2D eigenvalue weighted by Gasteiger charge is 2.25. The second-order valence-electron chi connectivity index (χ2n) is 34.4. The number of nitrogens with zero attached hydrogens (tertiary/aromatic N) is 1. The molecule has 2 unspecified atom stereocenters. The quantitative estimate of drug-likeness (QED) is 0.0278. The molecule has 9 heteroatoms. The Morgan fingerprint density at radius 2 is 0.433 bits per heavy atom. The van der Waals surface area contributed by atoms with Gasteiger partial charge in [0.15, 0.2) is 6.10 Å². The topological polar surface area (TPSA) is 108 Å². The van der Waals surface area contributed by atoms with E-state index in [0.717, 1.165) is 38.5 Å². The third kappa shape index (κ3) is 87.5. The molecule has 0 aromatic rings. The lowest BCUT2D eigenvalue weighted by atomic mass is 10.0. The molecular formula is C95H188NO8+. The smallest absolute Gasteiger partial charge is 0.361 e. The van der Waals surface area contributed by atoms with Crippen molar-refractivity contribution in [2.45, 2.75) is 546 Å². The number of esters is 2. The monoisotopic (exact) mass is 1470 g/mol. The first-order valence-electron chi connectivity index (χ1n) is 47.7. The van der Waals surface area contributed by atoms with Gasteiger partial charge in [-0.1, -0.05) is 508 Å². The van der Waals surface area contributed by atoms with Crippen molar-refractivity contribution < 1.29 is 42.9 Å². The molecule has 0 heterocycles.